The second-order valence-corrected chi connectivity index (χ2v) is 5.93. The lowest BCUT2D eigenvalue weighted by Gasteiger charge is -2.32. The van der Waals surface area contributed by atoms with Gasteiger partial charge in [-0.2, -0.15) is 11.8 Å². The average Bonchev–Trinajstić information content (AvgIpc) is 2.46. The average molecular weight is 298 g/mol. The summed E-state index contributed by atoms with van der Waals surface area (Å²) in [4.78, 5) is 29.3. The largest absolute Gasteiger partial charge is 0.480 e. The number of hydrogen-bond donors (Lipinski definition) is 1. The van der Waals surface area contributed by atoms with Gasteiger partial charge in [-0.15, -0.1) is 11.8 Å². The first kappa shape index (κ1) is 14.2. The monoisotopic (exact) mass is 298 g/mol. The van der Waals surface area contributed by atoms with Crippen molar-refractivity contribution >= 4 is 35.4 Å². The highest BCUT2D eigenvalue weighted by atomic mass is 32.2. The van der Waals surface area contributed by atoms with Gasteiger partial charge in [-0.1, -0.05) is 0 Å². The molecular formula is C12H14N2O3S2. The number of aliphatic carboxylic acids is 1. The van der Waals surface area contributed by atoms with Crippen molar-refractivity contribution in [3.8, 4) is 0 Å². The molecule has 102 valence electrons. The number of nitrogens with zero attached hydrogens (tertiary/aromatic N) is 2. The van der Waals surface area contributed by atoms with Gasteiger partial charge in [-0.3, -0.25) is 4.79 Å². The molecule has 1 aromatic rings. The number of aromatic nitrogens is 1. The number of thioether (sulfide) groups is 2. The molecule has 1 saturated heterocycles. The molecular weight excluding hydrogens is 284 g/mol. The summed E-state index contributed by atoms with van der Waals surface area (Å²) in [6.07, 6.45) is 3.48. The van der Waals surface area contributed by atoms with Crippen LogP contribution in [-0.4, -0.2) is 57.2 Å². The third kappa shape index (κ3) is 3.03. The third-order valence-corrected chi connectivity index (χ3v) is 4.60. The van der Waals surface area contributed by atoms with E-state index in [0.29, 0.717) is 22.9 Å². The summed E-state index contributed by atoms with van der Waals surface area (Å²) in [5.41, 5.74) is 0.480. The van der Waals surface area contributed by atoms with Crippen molar-refractivity contribution in [2.75, 3.05) is 24.3 Å². The Morgan fingerprint density at radius 1 is 1.58 bits per heavy atom. The van der Waals surface area contributed by atoms with Gasteiger partial charge < -0.3 is 10.0 Å². The quantitative estimate of drug-likeness (QED) is 0.852. The van der Waals surface area contributed by atoms with Gasteiger partial charge in [0.1, 0.15) is 11.1 Å². The lowest BCUT2D eigenvalue weighted by atomic mass is 10.2. The number of pyridine rings is 1. The van der Waals surface area contributed by atoms with Crippen LogP contribution in [0.4, 0.5) is 0 Å². The Bertz CT molecular complexity index is 496. The number of hydrogen-bond acceptors (Lipinski definition) is 5. The zero-order valence-corrected chi connectivity index (χ0v) is 12.0. The van der Waals surface area contributed by atoms with E-state index in [0.717, 1.165) is 5.75 Å². The van der Waals surface area contributed by atoms with Crippen molar-refractivity contribution < 1.29 is 14.7 Å². The molecule has 0 aromatic carbocycles. The molecule has 1 fully saturated rings. The molecule has 5 nitrogen and oxygen atoms in total. The van der Waals surface area contributed by atoms with Gasteiger partial charge in [0, 0.05) is 24.2 Å². The van der Waals surface area contributed by atoms with Crippen LogP contribution in [0.5, 0.6) is 0 Å². The van der Waals surface area contributed by atoms with Crippen molar-refractivity contribution in [3.63, 3.8) is 0 Å². The Hall–Kier alpha value is -1.21. The van der Waals surface area contributed by atoms with Crippen LogP contribution in [0.1, 0.15) is 10.4 Å². The number of carboxylic acids is 1. The predicted octanol–water partition coefficient (Wildman–Crippen LogP) is 1.45. The van der Waals surface area contributed by atoms with Crippen molar-refractivity contribution in [3.05, 3.63) is 23.9 Å². The molecule has 1 N–H and O–H groups in total. The van der Waals surface area contributed by atoms with Crippen molar-refractivity contribution in [2.45, 2.75) is 11.1 Å². The van der Waals surface area contributed by atoms with Gasteiger partial charge in [0.2, 0.25) is 0 Å². The van der Waals surface area contributed by atoms with Crippen molar-refractivity contribution in [2.24, 2.45) is 0 Å². The molecule has 1 aliphatic heterocycles. The first-order valence-corrected chi connectivity index (χ1v) is 8.13. The van der Waals surface area contributed by atoms with Gasteiger partial charge in [-0.05, 0) is 18.4 Å². The number of rotatable bonds is 3. The molecule has 7 heteroatoms. The van der Waals surface area contributed by atoms with Crippen LogP contribution in [0.3, 0.4) is 0 Å². The van der Waals surface area contributed by atoms with Gasteiger partial charge >= 0.3 is 5.97 Å². The van der Waals surface area contributed by atoms with E-state index in [1.807, 2.05) is 6.26 Å². The summed E-state index contributed by atoms with van der Waals surface area (Å²) < 4.78 is 0. The zero-order chi connectivity index (χ0) is 13.8. The second-order valence-electron chi connectivity index (χ2n) is 3.99. The first-order chi connectivity index (χ1) is 9.15. The Morgan fingerprint density at radius 2 is 2.37 bits per heavy atom. The molecule has 0 radical (unpaired) electrons. The lowest BCUT2D eigenvalue weighted by Crippen LogP contribution is -2.50. The maximum absolute atomic E-state index is 12.5. The van der Waals surface area contributed by atoms with Gasteiger partial charge in [0.05, 0.1) is 5.56 Å². The van der Waals surface area contributed by atoms with E-state index < -0.39 is 12.0 Å². The molecule has 0 aliphatic carbocycles. The molecule has 0 saturated carbocycles. The van der Waals surface area contributed by atoms with Crippen LogP contribution >= 0.6 is 23.5 Å². The van der Waals surface area contributed by atoms with E-state index in [1.54, 1.807) is 30.1 Å². The maximum Gasteiger partial charge on any atom is 0.327 e. The topological polar surface area (TPSA) is 70.5 Å². The van der Waals surface area contributed by atoms with E-state index >= 15 is 0 Å². The lowest BCUT2D eigenvalue weighted by molar-refractivity contribution is -0.141. The molecule has 1 unspecified atom stereocenters. The molecule has 0 bridgehead atoms. The molecule has 1 aromatic heterocycles. The van der Waals surface area contributed by atoms with Gasteiger partial charge in [0.25, 0.3) is 5.91 Å². The highest BCUT2D eigenvalue weighted by molar-refractivity contribution is 7.99. The van der Waals surface area contributed by atoms with E-state index in [2.05, 4.69) is 4.98 Å². The fraction of sp³-hybridized carbons (Fsp3) is 0.417. The Labute approximate surface area is 119 Å². The van der Waals surface area contributed by atoms with Crippen LogP contribution in [0.25, 0.3) is 0 Å². The summed E-state index contributed by atoms with van der Waals surface area (Å²) in [6.45, 7) is 0.461. The number of carbonyl (C=O) groups is 2. The maximum atomic E-state index is 12.5. The Balaban J connectivity index is 2.29. The second kappa shape index (κ2) is 6.29. The van der Waals surface area contributed by atoms with Crippen molar-refractivity contribution in [1.82, 2.24) is 9.88 Å². The Kier molecular flexibility index (Phi) is 4.71. The summed E-state index contributed by atoms with van der Waals surface area (Å²) in [5.74, 6) is 0.0145. The van der Waals surface area contributed by atoms with Crippen LogP contribution in [0.2, 0.25) is 0 Å². The van der Waals surface area contributed by atoms with E-state index in [4.69, 9.17) is 0 Å². The standard InChI is InChI=1S/C12H14N2O3S2/c1-18-10-8(3-2-4-13-10)11(15)14-5-6-19-7-9(14)12(16)17/h2-4,9H,5-7H2,1H3,(H,16,17). The fourth-order valence-corrected chi connectivity index (χ4v) is 3.50. The number of carboxylic acid groups (broad SMARTS) is 1. The molecule has 0 spiro atoms. The van der Waals surface area contributed by atoms with E-state index in [-0.39, 0.29) is 5.91 Å². The first-order valence-electron chi connectivity index (χ1n) is 5.75. The van der Waals surface area contributed by atoms with Crippen LogP contribution in [0.15, 0.2) is 23.4 Å². The minimum atomic E-state index is -0.949. The minimum absolute atomic E-state index is 0.245. The zero-order valence-electron chi connectivity index (χ0n) is 10.4. The molecule has 2 rings (SSSR count). The van der Waals surface area contributed by atoms with E-state index in [9.17, 15) is 14.7 Å². The van der Waals surface area contributed by atoms with Gasteiger partial charge in [0.15, 0.2) is 0 Å². The van der Waals surface area contributed by atoms with Crippen LogP contribution < -0.4 is 0 Å². The highest BCUT2D eigenvalue weighted by Crippen LogP contribution is 2.23. The molecule has 1 aliphatic rings. The van der Waals surface area contributed by atoms with E-state index in [1.165, 1.54) is 16.7 Å². The smallest absolute Gasteiger partial charge is 0.327 e. The molecule has 2 heterocycles. The molecule has 1 atom stereocenters. The Morgan fingerprint density at radius 3 is 3.05 bits per heavy atom. The van der Waals surface area contributed by atoms with Crippen LogP contribution in [0, 0.1) is 0 Å². The molecule has 1 amide bonds. The number of carbonyl (C=O) groups excluding carboxylic acids is 1. The highest BCUT2D eigenvalue weighted by Gasteiger charge is 2.33. The normalized spacial score (nSPS) is 19.2. The summed E-state index contributed by atoms with van der Waals surface area (Å²) in [5, 5.41) is 9.84. The SMILES string of the molecule is CSc1ncccc1C(=O)N1CCSCC1C(=O)O. The third-order valence-electron chi connectivity index (χ3n) is 2.87. The fourth-order valence-electron chi connectivity index (χ4n) is 1.92. The molecule has 19 heavy (non-hydrogen) atoms. The summed E-state index contributed by atoms with van der Waals surface area (Å²) in [7, 11) is 0. The minimum Gasteiger partial charge on any atom is -0.480 e. The van der Waals surface area contributed by atoms with Gasteiger partial charge in [-0.25, -0.2) is 9.78 Å². The van der Waals surface area contributed by atoms with Crippen LogP contribution in [-0.2, 0) is 4.79 Å². The predicted molar refractivity (Wildman–Crippen MR) is 75.8 cm³/mol. The summed E-state index contributed by atoms with van der Waals surface area (Å²) >= 11 is 2.95. The summed E-state index contributed by atoms with van der Waals surface area (Å²) in [6, 6.07) is 2.64. The van der Waals surface area contributed by atoms with Crippen molar-refractivity contribution in [1.29, 1.82) is 0 Å². The number of amides is 1.